The number of nitrogens with one attached hydrogen (secondary N) is 1. The van der Waals surface area contributed by atoms with Crippen molar-refractivity contribution in [3.8, 4) is 11.5 Å². The maximum atomic E-state index is 12.3. The van der Waals surface area contributed by atoms with Gasteiger partial charge < -0.3 is 19.7 Å². The molecule has 1 amide bonds. The van der Waals surface area contributed by atoms with Crippen LogP contribution in [0.15, 0.2) is 18.2 Å². The van der Waals surface area contributed by atoms with E-state index in [9.17, 15) is 4.79 Å². The van der Waals surface area contributed by atoms with Crippen molar-refractivity contribution in [1.82, 2.24) is 10.2 Å². The minimum absolute atomic E-state index is 0.0325. The number of likely N-dealkylation sites (tertiary alicyclic amines) is 1. The van der Waals surface area contributed by atoms with Crippen molar-refractivity contribution >= 4 is 5.91 Å². The summed E-state index contributed by atoms with van der Waals surface area (Å²) in [6.45, 7) is 7.45. The first-order chi connectivity index (χ1) is 10.8. The molecule has 1 aromatic carbocycles. The molecule has 1 saturated heterocycles. The predicted octanol–water partition coefficient (Wildman–Crippen LogP) is 1.92. The van der Waals surface area contributed by atoms with Crippen molar-refractivity contribution < 1.29 is 14.3 Å². The number of piperidine rings is 1. The molecule has 2 aliphatic rings. The zero-order chi connectivity index (χ0) is 15.4. The molecule has 0 aliphatic carbocycles. The zero-order valence-corrected chi connectivity index (χ0v) is 13.1. The number of carbonyl (C=O) groups excluding carboxylic acids is 1. The second-order valence-corrected chi connectivity index (χ2v) is 5.95. The average Bonchev–Trinajstić information content (AvgIpc) is 2.59. The summed E-state index contributed by atoms with van der Waals surface area (Å²) in [6.07, 6.45) is 2.32. The van der Waals surface area contributed by atoms with E-state index in [1.165, 1.54) is 0 Å². The largest absolute Gasteiger partial charge is 0.486 e. The number of amides is 1. The summed E-state index contributed by atoms with van der Waals surface area (Å²) < 4.78 is 11.0. The summed E-state index contributed by atoms with van der Waals surface area (Å²) in [6, 6.07) is 5.37. The van der Waals surface area contributed by atoms with Crippen molar-refractivity contribution in [3.05, 3.63) is 23.8 Å². The molecule has 0 unspecified atom stereocenters. The number of ether oxygens (including phenoxy) is 2. The molecule has 0 spiro atoms. The van der Waals surface area contributed by atoms with Gasteiger partial charge in [0.05, 0.1) is 0 Å². The summed E-state index contributed by atoms with van der Waals surface area (Å²) >= 11 is 0. The second kappa shape index (κ2) is 7.01. The fourth-order valence-electron chi connectivity index (χ4n) is 3.03. The topological polar surface area (TPSA) is 50.8 Å². The van der Waals surface area contributed by atoms with Crippen LogP contribution in [0, 0.1) is 5.92 Å². The number of carbonyl (C=O) groups is 1. The van der Waals surface area contributed by atoms with Crippen LogP contribution in [-0.2, 0) is 0 Å². The quantitative estimate of drug-likeness (QED) is 0.923. The van der Waals surface area contributed by atoms with Gasteiger partial charge in [0.25, 0.3) is 5.91 Å². The van der Waals surface area contributed by atoms with Gasteiger partial charge in [0.1, 0.15) is 13.2 Å². The molecule has 0 atom stereocenters. The molecular weight excluding hydrogens is 280 g/mol. The molecule has 0 saturated carbocycles. The van der Waals surface area contributed by atoms with Gasteiger partial charge in [-0.25, -0.2) is 0 Å². The SMILES string of the molecule is CCN1CCC(CNC(=O)c2ccc3c(c2)OCCO3)CC1. The smallest absolute Gasteiger partial charge is 0.251 e. The van der Waals surface area contributed by atoms with Crippen LogP contribution in [0.4, 0.5) is 0 Å². The Morgan fingerprint density at radius 3 is 2.68 bits per heavy atom. The molecule has 22 heavy (non-hydrogen) atoms. The summed E-state index contributed by atoms with van der Waals surface area (Å²) in [4.78, 5) is 14.7. The van der Waals surface area contributed by atoms with E-state index in [1.54, 1.807) is 12.1 Å². The second-order valence-electron chi connectivity index (χ2n) is 5.95. The highest BCUT2D eigenvalue weighted by atomic mass is 16.6. The zero-order valence-electron chi connectivity index (χ0n) is 13.1. The van der Waals surface area contributed by atoms with Crippen LogP contribution >= 0.6 is 0 Å². The van der Waals surface area contributed by atoms with Gasteiger partial charge in [0.15, 0.2) is 11.5 Å². The highest BCUT2D eigenvalue weighted by Gasteiger charge is 2.19. The predicted molar refractivity (Wildman–Crippen MR) is 84.6 cm³/mol. The van der Waals surface area contributed by atoms with Gasteiger partial charge in [-0.1, -0.05) is 6.92 Å². The molecule has 0 radical (unpaired) electrons. The van der Waals surface area contributed by atoms with Gasteiger partial charge in [-0.2, -0.15) is 0 Å². The third-order valence-corrected chi connectivity index (χ3v) is 4.51. The summed E-state index contributed by atoms with van der Waals surface area (Å²) in [5.41, 5.74) is 0.634. The Morgan fingerprint density at radius 1 is 1.23 bits per heavy atom. The number of hydrogen-bond donors (Lipinski definition) is 1. The summed E-state index contributed by atoms with van der Waals surface area (Å²) in [7, 11) is 0. The Balaban J connectivity index is 1.52. The summed E-state index contributed by atoms with van der Waals surface area (Å²) in [5, 5.41) is 3.05. The number of benzene rings is 1. The number of fused-ring (bicyclic) bond motifs is 1. The van der Waals surface area contributed by atoms with Gasteiger partial charge in [-0.3, -0.25) is 4.79 Å². The van der Waals surface area contributed by atoms with Gasteiger partial charge in [0.2, 0.25) is 0 Å². The Morgan fingerprint density at radius 2 is 1.95 bits per heavy atom. The fraction of sp³-hybridized carbons (Fsp3) is 0.588. The Hall–Kier alpha value is -1.75. The molecule has 1 N–H and O–H groups in total. The van der Waals surface area contributed by atoms with Crippen molar-refractivity contribution in [1.29, 1.82) is 0 Å². The molecule has 2 heterocycles. The third kappa shape index (κ3) is 3.53. The van der Waals surface area contributed by atoms with Crippen molar-refractivity contribution in [2.24, 2.45) is 5.92 Å². The minimum Gasteiger partial charge on any atom is -0.486 e. The summed E-state index contributed by atoms with van der Waals surface area (Å²) in [5.74, 6) is 1.93. The van der Waals surface area contributed by atoms with Gasteiger partial charge >= 0.3 is 0 Å². The highest BCUT2D eigenvalue weighted by Crippen LogP contribution is 2.30. The molecule has 120 valence electrons. The molecule has 5 nitrogen and oxygen atoms in total. The van der Waals surface area contributed by atoms with Crippen LogP contribution < -0.4 is 14.8 Å². The third-order valence-electron chi connectivity index (χ3n) is 4.51. The highest BCUT2D eigenvalue weighted by molar-refractivity contribution is 5.94. The normalized spacial score (nSPS) is 19.0. The first-order valence-corrected chi connectivity index (χ1v) is 8.16. The first kappa shape index (κ1) is 15.2. The van der Waals surface area contributed by atoms with Crippen molar-refractivity contribution in [2.75, 3.05) is 39.4 Å². The average molecular weight is 304 g/mol. The molecule has 1 fully saturated rings. The van der Waals surface area contributed by atoms with E-state index in [0.29, 0.717) is 30.4 Å². The molecule has 0 aromatic heterocycles. The fourth-order valence-corrected chi connectivity index (χ4v) is 3.03. The Kier molecular flexibility index (Phi) is 4.83. The van der Waals surface area contributed by atoms with Crippen molar-refractivity contribution in [2.45, 2.75) is 19.8 Å². The van der Waals surface area contributed by atoms with Crippen LogP contribution in [0.3, 0.4) is 0 Å². The van der Waals surface area contributed by atoms with Crippen LogP contribution in [0.1, 0.15) is 30.1 Å². The van der Waals surface area contributed by atoms with E-state index in [4.69, 9.17) is 9.47 Å². The van der Waals surface area contributed by atoms with Gasteiger partial charge in [0, 0.05) is 12.1 Å². The lowest BCUT2D eigenvalue weighted by molar-refractivity contribution is 0.0935. The van der Waals surface area contributed by atoms with Crippen LogP contribution in [0.25, 0.3) is 0 Å². The maximum absolute atomic E-state index is 12.3. The molecule has 2 aliphatic heterocycles. The molecular formula is C17H24N2O3. The van der Waals surface area contributed by atoms with E-state index in [0.717, 1.165) is 44.8 Å². The van der Waals surface area contributed by atoms with E-state index in [2.05, 4.69) is 17.1 Å². The van der Waals surface area contributed by atoms with Crippen LogP contribution in [-0.4, -0.2) is 50.2 Å². The number of nitrogens with zero attached hydrogens (tertiary/aromatic N) is 1. The lowest BCUT2D eigenvalue weighted by atomic mass is 9.96. The Labute approximate surface area is 131 Å². The van der Waals surface area contributed by atoms with E-state index >= 15 is 0 Å². The first-order valence-electron chi connectivity index (χ1n) is 8.16. The standard InChI is InChI=1S/C17H24N2O3/c1-2-19-7-5-13(6-8-19)12-18-17(20)14-3-4-15-16(11-14)22-10-9-21-15/h3-4,11,13H,2,5-10,12H2,1H3,(H,18,20). The number of rotatable bonds is 4. The maximum Gasteiger partial charge on any atom is 0.251 e. The van der Waals surface area contributed by atoms with Crippen molar-refractivity contribution in [3.63, 3.8) is 0 Å². The van der Waals surface area contributed by atoms with Crippen LogP contribution in [0.2, 0.25) is 0 Å². The Bertz CT molecular complexity index is 525. The molecule has 3 rings (SSSR count). The van der Waals surface area contributed by atoms with Gasteiger partial charge in [-0.15, -0.1) is 0 Å². The molecule has 0 bridgehead atoms. The molecule has 5 heteroatoms. The van der Waals surface area contributed by atoms with Gasteiger partial charge in [-0.05, 0) is 56.6 Å². The lowest BCUT2D eigenvalue weighted by Crippen LogP contribution is -2.38. The van der Waals surface area contributed by atoms with E-state index < -0.39 is 0 Å². The monoisotopic (exact) mass is 304 g/mol. The van der Waals surface area contributed by atoms with E-state index in [1.807, 2.05) is 6.07 Å². The van der Waals surface area contributed by atoms with E-state index in [-0.39, 0.29) is 5.91 Å². The number of hydrogen-bond acceptors (Lipinski definition) is 4. The lowest BCUT2D eigenvalue weighted by Gasteiger charge is -2.31. The van der Waals surface area contributed by atoms with Crippen LogP contribution in [0.5, 0.6) is 11.5 Å². The molecule has 1 aromatic rings. The minimum atomic E-state index is -0.0325.